The van der Waals surface area contributed by atoms with Crippen molar-refractivity contribution in [1.82, 2.24) is 8.69 Å². The monoisotopic (exact) mass is 424 g/mol. The maximum Gasteiger partial charge on any atom is 0.257 e. The summed E-state index contributed by atoms with van der Waals surface area (Å²) in [6, 6.07) is 7.58. The van der Waals surface area contributed by atoms with Gasteiger partial charge in [0.15, 0.2) is 11.3 Å². The van der Waals surface area contributed by atoms with Gasteiger partial charge in [-0.15, -0.1) is 0 Å². The van der Waals surface area contributed by atoms with E-state index >= 15 is 0 Å². The van der Waals surface area contributed by atoms with Crippen molar-refractivity contribution in [2.75, 3.05) is 13.4 Å². The largest absolute Gasteiger partial charge is 0.493 e. The molecule has 0 aliphatic heterocycles. The van der Waals surface area contributed by atoms with Crippen LogP contribution in [0.15, 0.2) is 52.0 Å². The maximum absolute atomic E-state index is 13.3. The Morgan fingerprint density at radius 2 is 1.93 bits per heavy atom. The van der Waals surface area contributed by atoms with Crippen LogP contribution in [0.2, 0.25) is 0 Å². The van der Waals surface area contributed by atoms with Gasteiger partial charge >= 0.3 is 0 Å². The highest BCUT2D eigenvalue weighted by atomic mass is 32.3. The zero-order valence-corrected chi connectivity index (χ0v) is 17.2. The molecule has 28 heavy (non-hydrogen) atoms. The number of rotatable bonds is 7. The average molecular weight is 425 g/mol. The molecule has 8 nitrogen and oxygen atoms in total. The second-order valence-electron chi connectivity index (χ2n) is 6.14. The van der Waals surface area contributed by atoms with Gasteiger partial charge in [0.1, 0.15) is 5.76 Å². The third kappa shape index (κ3) is 3.75. The molecule has 2 aromatic heterocycles. The van der Waals surface area contributed by atoms with Gasteiger partial charge in [0.05, 0.1) is 24.8 Å². The van der Waals surface area contributed by atoms with Crippen molar-refractivity contribution in [3.8, 4) is 5.75 Å². The van der Waals surface area contributed by atoms with Gasteiger partial charge in [-0.05, 0) is 29.8 Å². The van der Waals surface area contributed by atoms with Gasteiger partial charge in [-0.3, -0.25) is 4.98 Å². The molecule has 0 fully saturated rings. The summed E-state index contributed by atoms with van der Waals surface area (Å²) >= 11 is 0. The number of fused-ring (bicyclic) bond motifs is 1. The van der Waals surface area contributed by atoms with Crippen LogP contribution >= 0.6 is 0 Å². The van der Waals surface area contributed by atoms with Crippen LogP contribution in [0.4, 0.5) is 0 Å². The summed E-state index contributed by atoms with van der Waals surface area (Å²) in [7, 11) is -7.05. The number of benzene rings is 1. The molecule has 0 aliphatic carbocycles. The molecular formula is C18H20N2O6S2. The fourth-order valence-corrected chi connectivity index (χ4v) is 6.07. The number of methoxy groups -OCH3 is 1. The van der Waals surface area contributed by atoms with Crippen molar-refractivity contribution in [2.45, 2.75) is 24.8 Å². The van der Waals surface area contributed by atoms with E-state index < -0.39 is 20.0 Å². The first-order chi connectivity index (χ1) is 13.2. The number of aryl methyl sites for hydroxylation is 1. The second kappa shape index (κ2) is 7.53. The van der Waals surface area contributed by atoms with Crippen LogP contribution in [0.1, 0.15) is 18.2 Å². The number of nitrogens with zero attached hydrogens (tertiary/aromatic N) is 2. The lowest BCUT2D eigenvalue weighted by atomic mass is 10.2. The number of pyridine rings is 1. The molecule has 3 rings (SSSR count). The topological polar surface area (TPSA) is 107 Å². The average Bonchev–Trinajstić information content (AvgIpc) is 3.09. The van der Waals surface area contributed by atoms with Crippen LogP contribution in [0.25, 0.3) is 11.0 Å². The lowest BCUT2D eigenvalue weighted by molar-refractivity contribution is 0.407. The summed E-state index contributed by atoms with van der Waals surface area (Å²) in [5.74, 6) is 0.931. The van der Waals surface area contributed by atoms with E-state index in [1.165, 1.54) is 31.6 Å². The van der Waals surface area contributed by atoms with Gasteiger partial charge in [0.25, 0.3) is 10.0 Å². The fourth-order valence-electron chi connectivity index (χ4n) is 2.82. The van der Waals surface area contributed by atoms with Crippen LogP contribution in [0.3, 0.4) is 0 Å². The maximum atomic E-state index is 13.3. The summed E-state index contributed by atoms with van der Waals surface area (Å²) in [4.78, 5) is 3.75. The van der Waals surface area contributed by atoms with E-state index in [0.29, 0.717) is 27.2 Å². The molecule has 0 saturated carbocycles. The first kappa shape index (κ1) is 20.3. The van der Waals surface area contributed by atoms with Gasteiger partial charge in [0, 0.05) is 24.2 Å². The minimum atomic E-state index is -4.40. The number of furan rings is 1. The number of sulfonamides is 2. The Morgan fingerprint density at radius 3 is 2.50 bits per heavy atom. The highest BCUT2D eigenvalue weighted by Crippen LogP contribution is 2.36. The Morgan fingerprint density at radius 1 is 1.18 bits per heavy atom. The summed E-state index contributed by atoms with van der Waals surface area (Å²) < 4.78 is 62.8. The Labute approximate surface area is 163 Å². The van der Waals surface area contributed by atoms with Gasteiger partial charge < -0.3 is 9.15 Å². The van der Waals surface area contributed by atoms with Crippen molar-refractivity contribution in [3.05, 3.63) is 54.0 Å². The van der Waals surface area contributed by atoms with Crippen molar-refractivity contribution >= 4 is 31.0 Å². The molecule has 0 spiro atoms. The molecular weight excluding hydrogens is 404 g/mol. The minimum absolute atomic E-state index is 0.166. The molecule has 0 bridgehead atoms. The van der Waals surface area contributed by atoms with Gasteiger partial charge in [0.2, 0.25) is 10.0 Å². The summed E-state index contributed by atoms with van der Waals surface area (Å²) in [6.45, 7) is 1.50. The van der Waals surface area contributed by atoms with E-state index in [2.05, 4.69) is 4.98 Å². The molecule has 0 radical (unpaired) electrons. The zero-order valence-electron chi connectivity index (χ0n) is 15.6. The van der Waals surface area contributed by atoms with Crippen molar-refractivity contribution in [2.24, 2.45) is 0 Å². The quantitative estimate of drug-likeness (QED) is 0.574. The third-order valence-corrected chi connectivity index (χ3v) is 8.02. The van der Waals surface area contributed by atoms with Crippen molar-refractivity contribution < 1.29 is 26.0 Å². The molecule has 0 saturated heterocycles. The molecule has 0 atom stereocenters. The van der Waals surface area contributed by atoms with Crippen molar-refractivity contribution in [3.63, 3.8) is 0 Å². The predicted octanol–water partition coefficient (Wildman–Crippen LogP) is 2.55. The Bertz CT molecular complexity index is 1200. The minimum Gasteiger partial charge on any atom is -0.493 e. The van der Waals surface area contributed by atoms with Crippen LogP contribution in [-0.4, -0.2) is 38.9 Å². The van der Waals surface area contributed by atoms with E-state index in [9.17, 15) is 16.8 Å². The van der Waals surface area contributed by atoms with Crippen LogP contribution in [-0.2, 0) is 33.0 Å². The zero-order chi connectivity index (χ0) is 20.5. The van der Waals surface area contributed by atoms with E-state index in [-0.39, 0.29) is 22.4 Å². The summed E-state index contributed by atoms with van der Waals surface area (Å²) in [5, 5.41) is 0.274. The fraction of sp³-hybridized carbons (Fsp3) is 0.278. The van der Waals surface area contributed by atoms with E-state index in [4.69, 9.17) is 9.15 Å². The van der Waals surface area contributed by atoms with Crippen LogP contribution in [0.5, 0.6) is 5.75 Å². The molecule has 0 aliphatic rings. The first-order valence-corrected chi connectivity index (χ1v) is 11.7. The van der Waals surface area contributed by atoms with Gasteiger partial charge in [-0.25, -0.2) is 16.8 Å². The number of hydrogen-bond acceptors (Lipinski definition) is 7. The molecule has 2 heterocycles. The van der Waals surface area contributed by atoms with Crippen LogP contribution in [0, 0.1) is 0 Å². The highest BCUT2D eigenvalue weighted by Gasteiger charge is 2.35. The van der Waals surface area contributed by atoms with Crippen molar-refractivity contribution in [1.29, 1.82) is 0 Å². The molecule has 0 N–H and O–H groups in total. The highest BCUT2D eigenvalue weighted by molar-refractivity contribution is 8.03. The molecule has 3 aromatic rings. The number of aromatic nitrogens is 1. The summed E-state index contributed by atoms with van der Waals surface area (Å²) in [6.07, 6.45) is 4.34. The van der Waals surface area contributed by atoms with E-state index in [0.717, 1.165) is 6.26 Å². The third-order valence-electron chi connectivity index (χ3n) is 4.18. The SMILES string of the molecule is CCc1cc2c(S(=O)(=O)N(Cc3cccnc3)S(C)(=O)=O)ccc(OC)c2o1. The normalized spacial score (nSPS) is 12.6. The molecule has 10 heteroatoms. The van der Waals surface area contributed by atoms with Crippen LogP contribution < -0.4 is 4.74 Å². The number of hydrogen-bond donors (Lipinski definition) is 0. The van der Waals surface area contributed by atoms with Gasteiger partial charge in [-0.1, -0.05) is 16.7 Å². The molecule has 150 valence electrons. The lowest BCUT2D eigenvalue weighted by Crippen LogP contribution is -2.35. The predicted molar refractivity (Wildman–Crippen MR) is 104 cm³/mol. The Kier molecular flexibility index (Phi) is 5.46. The first-order valence-electron chi connectivity index (χ1n) is 8.39. The number of ether oxygens (including phenoxy) is 1. The lowest BCUT2D eigenvalue weighted by Gasteiger charge is -2.20. The molecule has 0 unspecified atom stereocenters. The second-order valence-corrected chi connectivity index (χ2v) is 10.1. The van der Waals surface area contributed by atoms with E-state index in [1.807, 2.05) is 6.92 Å². The standard InChI is InChI=1S/C18H20N2O6S2/c1-4-14-10-15-17(8-7-16(25-2)18(15)26-14)28(23,24)20(27(3,21)22)12-13-6-5-9-19-11-13/h5-11H,4,12H2,1-3H3. The Balaban J connectivity index is 2.20. The molecule has 1 aromatic carbocycles. The van der Waals surface area contributed by atoms with E-state index in [1.54, 1.807) is 18.2 Å². The summed E-state index contributed by atoms with van der Waals surface area (Å²) in [5.41, 5.74) is 0.706. The Hall–Kier alpha value is -2.43. The smallest absolute Gasteiger partial charge is 0.257 e. The van der Waals surface area contributed by atoms with Gasteiger partial charge in [-0.2, -0.15) is 0 Å². The molecule has 0 amide bonds.